The highest BCUT2D eigenvalue weighted by Gasteiger charge is 2.50. The van der Waals surface area contributed by atoms with E-state index in [0.717, 1.165) is 45.4 Å². The first kappa shape index (κ1) is 36.9. The van der Waals surface area contributed by atoms with E-state index in [1.165, 1.54) is 0 Å². The molecule has 1 aliphatic heterocycles. The van der Waals surface area contributed by atoms with Crippen LogP contribution in [0.2, 0.25) is 0 Å². The maximum absolute atomic E-state index is 14.7. The zero-order chi connectivity index (χ0) is 31.3. The molecule has 0 bridgehead atoms. The minimum Gasteiger partial charge on any atom is -0.342 e. The van der Waals surface area contributed by atoms with E-state index in [-0.39, 0.29) is 25.0 Å². The summed E-state index contributed by atoms with van der Waals surface area (Å²) in [6.45, 7) is 3.57. The molecule has 1 saturated carbocycles. The Bertz CT molecular complexity index is 988. The fraction of sp³-hybridized carbons (Fsp3) is 0.655. The van der Waals surface area contributed by atoms with Gasteiger partial charge in [0, 0.05) is 0 Å². The number of ether oxygens (including phenoxy) is 2. The van der Waals surface area contributed by atoms with Crippen LogP contribution in [0.3, 0.4) is 0 Å². The molecular formula is C29H38F10O2. The largest absolute Gasteiger partial charge is 0.342 e. The van der Waals surface area contributed by atoms with Gasteiger partial charge >= 0.3 is 0 Å². The Balaban J connectivity index is 0.000000931. The molecule has 1 aliphatic carbocycles. The van der Waals surface area contributed by atoms with Gasteiger partial charge in [-0.3, -0.25) is 0 Å². The molecule has 0 spiro atoms. The fourth-order valence-corrected chi connectivity index (χ4v) is 5.23. The third-order valence-corrected chi connectivity index (χ3v) is 7.28. The molecule has 1 aromatic carbocycles. The third-order valence-electron chi connectivity index (χ3n) is 7.28. The fourth-order valence-electron chi connectivity index (χ4n) is 5.23. The van der Waals surface area contributed by atoms with Gasteiger partial charge in [-0.05, 0) is 43.9 Å². The highest BCUT2D eigenvalue weighted by Crippen LogP contribution is 2.46. The van der Waals surface area contributed by atoms with Crippen molar-refractivity contribution in [3.8, 4) is 0 Å². The minimum absolute atomic E-state index is 0.142. The summed E-state index contributed by atoms with van der Waals surface area (Å²) in [4.78, 5) is 0. The summed E-state index contributed by atoms with van der Waals surface area (Å²) in [6.07, 6.45) is 6.06. The van der Waals surface area contributed by atoms with E-state index in [0.29, 0.717) is 12.3 Å². The number of benzene rings is 1. The average molecular weight is 609 g/mol. The summed E-state index contributed by atoms with van der Waals surface area (Å²) >= 11 is 0. The minimum atomic E-state index is -2.90. The van der Waals surface area contributed by atoms with Crippen molar-refractivity contribution in [2.75, 3.05) is 26.6 Å². The van der Waals surface area contributed by atoms with Gasteiger partial charge in [0.25, 0.3) is 0 Å². The first-order valence-corrected chi connectivity index (χ1v) is 13.7. The Kier molecular flexibility index (Phi) is 16.0. The Morgan fingerprint density at radius 3 is 1.76 bits per heavy atom. The molecule has 0 radical (unpaired) electrons. The van der Waals surface area contributed by atoms with Crippen molar-refractivity contribution in [2.24, 2.45) is 17.8 Å². The van der Waals surface area contributed by atoms with E-state index in [9.17, 15) is 43.9 Å². The van der Waals surface area contributed by atoms with Crippen LogP contribution in [0, 0.1) is 46.8 Å². The van der Waals surface area contributed by atoms with Crippen molar-refractivity contribution in [1.82, 2.24) is 0 Å². The lowest BCUT2D eigenvalue weighted by molar-refractivity contribution is -0.217. The summed E-state index contributed by atoms with van der Waals surface area (Å²) in [5, 5.41) is 0. The SMILES string of the molecule is CC.CCCC1CCC(C2CCOC(/C(CF)=C(/C)F)(c3c(F)c(F)c(F)c(F)c3F)OC2)CC1.F/C=C(\F)CF. The van der Waals surface area contributed by atoms with E-state index in [2.05, 4.69) is 6.92 Å². The van der Waals surface area contributed by atoms with Gasteiger partial charge in [-0.25, -0.2) is 43.9 Å². The molecular weight excluding hydrogens is 570 g/mol. The van der Waals surface area contributed by atoms with Gasteiger partial charge in [0.1, 0.15) is 25.5 Å². The van der Waals surface area contributed by atoms with E-state index in [4.69, 9.17) is 9.47 Å². The Hall–Kier alpha value is -2.08. The van der Waals surface area contributed by atoms with Crippen LogP contribution in [-0.2, 0) is 15.3 Å². The Morgan fingerprint density at radius 1 is 0.805 bits per heavy atom. The zero-order valence-electron chi connectivity index (χ0n) is 23.7. The summed E-state index contributed by atoms with van der Waals surface area (Å²) < 4.78 is 143. The van der Waals surface area contributed by atoms with Crippen molar-refractivity contribution in [3.05, 3.63) is 58.2 Å². The lowest BCUT2D eigenvalue weighted by atomic mass is 9.74. The Morgan fingerprint density at radius 2 is 1.34 bits per heavy atom. The summed E-state index contributed by atoms with van der Waals surface area (Å²) in [6, 6.07) is 0. The highest BCUT2D eigenvalue weighted by molar-refractivity contribution is 5.36. The lowest BCUT2D eigenvalue weighted by Gasteiger charge is -2.36. The second-order valence-electron chi connectivity index (χ2n) is 9.67. The van der Waals surface area contributed by atoms with Crippen LogP contribution >= 0.6 is 0 Å². The van der Waals surface area contributed by atoms with Crippen molar-refractivity contribution >= 4 is 0 Å². The van der Waals surface area contributed by atoms with Crippen molar-refractivity contribution in [1.29, 1.82) is 0 Å². The van der Waals surface area contributed by atoms with Crippen LogP contribution in [0.15, 0.2) is 23.6 Å². The molecule has 1 heterocycles. The van der Waals surface area contributed by atoms with Gasteiger partial charge in [0.05, 0.1) is 24.4 Å². The van der Waals surface area contributed by atoms with E-state index >= 15 is 0 Å². The van der Waals surface area contributed by atoms with Gasteiger partial charge in [-0.15, -0.1) is 0 Å². The molecule has 0 N–H and O–H groups in total. The third kappa shape index (κ3) is 8.95. The number of rotatable bonds is 7. The molecule has 3 rings (SSSR count). The maximum Gasteiger partial charge on any atom is 0.229 e. The first-order chi connectivity index (χ1) is 19.5. The summed E-state index contributed by atoms with van der Waals surface area (Å²) in [5.41, 5.74) is -2.49. The highest BCUT2D eigenvalue weighted by atomic mass is 19.2. The molecule has 12 heteroatoms. The number of hydrogen-bond acceptors (Lipinski definition) is 2. The molecule has 41 heavy (non-hydrogen) atoms. The van der Waals surface area contributed by atoms with Crippen molar-refractivity contribution < 1.29 is 53.4 Å². The number of halogens is 10. The normalized spacial score (nSPS) is 25.7. The van der Waals surface area contributed by atoms with Crippen molar-refractivity contribution in [2.45, 2.75) is 78.4 Å². The Labute approximate surface area is 234 Å². The van der Waals surface area contributed by atoms with Gasteiger partial charge in [-0.1, -0.05) is 46.5 Å². The van der Waals surface area contributed by atoms with Crippen LogP contribution in [0.25, 0.3) is 0 Å². The van der Waals surface area contributed by atoms with Gasteiger partial charge in [0.15, 0.2) is 29.1 Å². The van der Waals surface area contributed by atoms with Gasteiger partial charge < -0.3 is 9.47 Å². The molecule has 2 nitrogen and oxygen atoms in total. The molecule has 0 amide bonds. The monoisotopic (exact) mass is 608 g/mol. The second kappa shape index (κ2) is 17.8. The smallest absolute Gasteiger partial charge is 0.229 e. The van der Waals surface area contributed by atoms with Gasteiger partial charge in [0.2, 0.25) is 11.6 Å². The van der Waals surface area contributed by atoms with Crippen LogP contribution < -0.4 is 0 Å². The standard InChI is InChI=1S/C24H29F7O2.C3H3F3.C2H6/c1-3-4-14-5-7-15(8-6-14)16-9-10-32-24(33-12-16,17(11-25)13(2)26)18-19(27)21(29)23(31)22(30)20(18)28;4-1-3(6)2-5;1-2/h14-16H,3-12H2,1-2H3;1H,2H2;1-2H3/b17-13-;3-1-;. The summed E-state index contributed by atoms with van der Waals surface area (Å²) in [5.74, 6) is -16.1. The average Bonchev–Trinajstić information content (AvgIpc) is 3.20. The molecule has 2 fully saturated rings. The number of allylic oxidation sites excluding steroid dienone is 2. The first-order valence-electron chi connectivity index (χ1n) is 13.7. The van der Waals surface area contributed by atoms with E-state index in [1.807, 2.05) is 13.8 Å². The number of hydrogen-bond donors (Lipinski definition) is 0. The molecule has 236 valence electrons. The van der Waals surface area contributed by atoms with E-state index < -0.39 is 77.3 Å². The van der Waals surface area contributed by atoms with Crippen LogP contribution in [-0.4, -0.2) is 26.6 Å². The predicted molar refractivity (Wildman–Crippen MR) is 136 cm³/mol. The number of alkyl halides is 2. The topological polar surface area (TPSA) is 18.5 Å². The molecule has 1 aromatic rings. The zero-order valence-corrected chi connectivity index (χ0v) is 23.7. The van der Waals surface area contributed by atoms with Crippen LogP contribution in [0.4, 0.5) is 43.9 Å². The van der Waals surface area contributed by atoms with Crippen LogP contribution in [0.5, 0.6) is 0 Å². The van der Waals surface area contributed by atoms with Gasteiger partial charge in [-0.2, -0.15) is 0 Å². The maximum atomic E-state index is 14.7. The molecule has 2 unspecified atom stereocenters. The van der Waals surface area contributed by atoms with E-state index in [1.54, 1.807) is 0 Å². The quantitative estimate of drug-likeness (QED) is 0.174. The predicted octanol–water partition coefficient (Wildman–Crippen LogP) is 10.2. The summed E-state index contributed by atoms with van der Waals surface area (Å²) in [7, 11) is 0. The lowest BCUT2D eigenvalue weighted by Crippen LogP contribution is -2.39. The van der Waals surface area contributed by atoms with Crippen molar-refractivity contribution in [3.63, 3.8) is 0 Å². The molecule has 0 aromatic heterocycles. The molecule has 1 saturated heterocycles. The molecule has 2 atom stereocenters. The molecule has 2 aliphatic rings. The van der Waals surface area contributed by atoms with Crippen LogP contribution in [0.1, 0.15) is 78.2 Å². The second-order valence-corrected chi connectivity index (χ2v) is 9.67.